The largest absolute Gasteiger partial charge is 0.487 e. The van der Waals surface area contributed by atoms with Gasteiger partial charge in [-0.1, -0.05) is 34.1 Å². The van der Waals surface area contributed by atoms with E-state index in [2.05, 4.69) is 19.2 Å². The Morgan fingerprint density at radius 1 is 1.15 bits per heavy atom. The van der Waals surface area contributed by atoms with Crippen LogP contribution < -0.4 is 10.1 Å². The first-order valence-corrected chi connectivity index (χ1v) is 7.25. The average Bonchev–Trinajstić information content (AvgIpc) is 2.37. The molecule has 1 unspecified atom stereocenters. The second-order valence-electron chi connectivity index (χ2n) is 5.74. The third-order valence-corrected chi connectivity index (χ3v) is 3.15. The van der Waals surface area contributed by atoms with E-state index in [4.69, 9.17) is 4.74 Å². The topological polar surface area (TPSA) is 21.3 Å². The molecule has 0 aromatic heterocycles. The van der Waals surface area contributed by atoms with Crippen molar-refractivity contribution >= 4 is 0 Å². The number of hydrogen-bond acceptors (Lipinski definition) is 2. The summed E-state index contributed by atoms with van der Waals surface area (Å²) >= 11 is 0. The van der Waals surface area contributed by atoms with E-state index in [1.807, 2.05) is 13.8 Å². The molecule has 0 aliphatic heterocycles. The minimum Gasteiger partial charge on any atom is -0.487 e. The van der Waals surface area contributed by atoms with Gasteiger partial charge in [0.1, 0.15) is 0 Å². The molecule has 0 fully saturated rings. The zero-order valence-corrected chi connectivity index (χ0v) is 12.8. The molecule has 1 N–H and O–H groups in total. The Bertz CT molecular complexity index is 398. The molecule has 0 amide bonds. The van der Waals surface area contributed by atoms with Crippen molar-refractivity contribution < 1.29 is 13.5 Å². The van der Waals surface area contributed by atoms with E-state index in [0.717, 1.165) is 13.0 Å². The molecule has 20 heavy (non-hydrogen) atoms. The molecule has 4 heteroatoms. The molecular formula is C16H25F2NO. The van der Waals surface area contributed by atoms with Gasteiger partial charge in [0, 0.05) is 6.54 Å². The highest BCUT2D eigenvalue weighted by Gasteiger charge is 2.13. The SMILES string of the molecule is CCC(C)COc1c(F)cc(CNCC(C)C)cc1F. The highest BCUT2D eigenvalue weighted by atomic mass is 19.1. The Hall–Kier alpha value is -1.16. The van der Waals surface area contributed by atoms with Crippen molar-refractivity contribution in [2.24, 2.45) is 11.8 Å². The van der Waals surface area contributed by atoms with E-state index in [-0.39, 0.29) is 11.7 Å². The fourth-order valence-corrected chi connectivity index (χ4v) is 1.70. The molecule has 1 aromatic carbocycles. The zero-order chi connectivity index (χ0) is 15.1. The van der Waals surface area contributed by atoms with E-state index in [0.29, 0.717) is 24.6 Å². The Morgan fingerprint density at radius 3 is 2.25 bits per heavy atom. The van der Waals surface area contributed by atoms with Crippen molar-refractivity contribution in [1.82, 2.24) is 5.32 Å². The predicted octanol–water partition coefficient (Wildman–Crippen LogP) is 4.14. The van der Waals surface area contributed by atoms with Crippen molar-refractivity contribution in [2.75, 3.05) is 13.2 Å². The Balaban J connectivity index is 2.66. The second-order valence-corrected chi connectivity index (χ2v) is 5.74. The van der Waals surface area contributed by atoms with Gasteiger partial charge in [0.25, 0.3) is 0 Å². The summed E-state index contributed by atoms with van der Waals surface area (Å²) in [5.41, 5.74) is 0.594. The van der Waals surface area contributed by atoms with Gasteiger partial charge in [-0.2, -0.15) is 0 Å². The molecule has 1 rings (SSSR count). The van der Waals surface area contributed by atoms with Gasteiger partial charge in [-0.25, -0.2) is 8.78 Å². The summed E-state index contributed by atoms with van der Waals surface area (Å²) in [5.74, 6) is -0.744. The summed E-state index contributed by atoms with van der Waals surface area (Å²) in [6.07, 6.45) is 0.917. The maximum absolute atomic E-state index is 13.9. The van der Waals surface area contributed by atoms with Gasteiger partial charge in [-0.05, 0) is 36.1 Å². The maximum Gasteiger partial charge on any atom is 0.190 e. The molecule has 0 heterocycles. The highest BCUT2D eigenvalue weighted by Crippen LogP contribution is 2.24. The zero-order valence-electron chi connectivity index (χ0n) is 12.8. The molecule has 0 bridgehead atoms. The molecule has 2 nitrogen and oxygen atoms in total. The molecule has 0 spiro atoms. The third kappa shape index (κ3) is 5.45. The minimum atomic E-state index is -0.630. The lowest BCUT2D eigenvalue weighted by Gasteiger charge is -2.14. The van der Waals surface area contributed by atoms with Crippen LogP contribution in [-0.4, -0.2) is 13.2 Å². The highest BCUT2D eigenvalue weighted by molar-refractivity contribution is 5.31. The molecule has 0 saturated heterocycles. The van der Waals surface area contributed by atoms with Crippen molar-refractivity contribution in [2.45, 2.75) is 40.7 Å². The van der Waals surface area contributed by atoms with Crippen LogP contribution in [0, 0.1) is 23.5 Å². The van der Waals surface area contributed by atoms with Crippen molar-refractivity contribution in [3.63, 3.8) is 0 Å². The van der Waals surface area contributed by atoms with Gasteiger partial charge in [-0.15, -0.1) is 0 Å². The quantitative estimate of drug-likeness (QED) is 0.775. The number of nitrogens with one attached hydrogen (secondary N) is 1. The van der Waals surface area contributed by atoms with Gasteiger partial charge in [0.2, 0.25) is 0 Å². The number of ether oxygens (including phenoxy) is 1. The van der Waals surface area contributed by atoms with Crippen molar-refractivity contribution in [1.29, 1.82) is 0 Å². The monoisotopic (exact) mass is 285 g/mol. The second kappa shape index (κ2) is 8.20. The van der Waals surface area contributed by atoms with Crippen LogP contribution in [0.4, 0.5) is 8.78 Å². The van der Waals surface area contributed by atoms with E-state index in [9.17, 15) is 8.78 Å². The lowest BCUT2D eigenvalue weighted by Crippen LogP contribution is -2.19. The molecule has 0 aliphatic carbocycles. The van der Waals surface area contributed by atoms with Crippen LogP contribution in [0.5, 0.6) is 5.75 Å². The van der Waals surface area contributed by atoms with Gasteiger partial charge in [0.15, 0.2) is 17.4 Å². The van der Waals surface area contributed by atoms with Crippen LogP contribution in [0.25, 0.3) is 0 Å². The first-order chi connectivity index (χ1) is 9.43. The summed E-state index contributed by atoms with van der Waals surface area (Å²) in [6, 6.07) is 2.67. The fourth-order valence-electron chi connectivity index (χ4n) is 1.70. The Kier molecular flexibility index (Phi) is 6.93. The summed E-state index contributed by atoms with van der Waals surface area (Å²) in [7, 11) is 0. The van der Waals surface area contributed by atoms with Gasteiger partial charge in [-0.3, -0.25) is 0 Å². The van der Waals surface area contributed by atoms with Gasteiger partial charge in [0.05, 0.1) is 6.61 Å². The average molecular weight is 285 g/mol. The maximum atomic E-state index is 13.9. The van der Waals surface area contributed by atoms with Crippen molar-refractivity contribution in [3.8, 4) is 5.75 Å². The summed E-state index contributed by atoms with van der Waals surface area (Å²) in [6.45, 7) is 9.77. The molecule has 1 aromatic rings. The number of halogens is 2. The van der Waals surface area contributed by atoms with Crippen LogP contribution in [0.2, 0.25) is 0 Å². The lowest BCUT2D eigenvalue weighted by molar-refractivity contribution is 0.235. The lowest BCUT2D eigenvalue weighted by atomic mass is 10.1. The molecular weight excluding hydrogens is 260 g/mol. The standard InChI is InChI=1S/C16H25F2NO/c1-5-12(4)10-20-16-14(17)6-13(7-15(16)18)9-19-8-11(2)3/h6-7,11-12,19H,5,8-10H2,1-4H3. The Morgan fingerprint density at radius 2 is 1.75 bits per heavy atom. The molecule has 1 atom stereocenters. The Labute approximate surface area is 120 Å². The van der Waals surface area contributed by atoms with E-state index in [1.165, 1.54) is 12.1 Å². The fraction of sp³-hybridized carbons (Fsp3) is 0.625. The molecule has 0 saturated carbocycles. The summed E-state index contributed by atoms with van der Waals surface area (Å²) < 4.78 is 33.0. The van der Waals surface area contributed by atoms with Crippen molar-refractivity contribution in [3.05, 3.63) is 29.3 Å². The summed E-state index contributed by atoms with van der Waals surface area (Å²) in [5, 5.41) is 3.16. The normalized spacial score (nSPS) is 12.8. The third-order valence-electron chi connectivity index (χ3n) is 3.15. The van der Waals surface area contributed by atoms with Gasteiger partial charge >= 0.3 is 0 Å². The predicted molar refractivity (Wildman–Crippen MR) is 77.9 cm³/mol. The van der Waals surface area contributed by atoms with Crippen LogP contribution >= 0.6 is 0 Å². The van der Waals surface area contributed by atoms with Crippen LogP contribution in [0.15, 0.2) is 12.1 Å². The van der Waals surface area contributed by atoms with E-state index in [1.54, 1.807) is 0 Å². The molecule has 114 valence electrons. The minimum absolute atomic E-state index is 0.266. The van der Waals surface area contributed by atoms with Crippen LogP contribution in [0.3, 0.4) is 0 Å². The van der Waals surface area contributed by atoms with Crippen LogP contribution in [0.1, 0.15) is 39.7 Å². The molecule has 0 aliphatic rings. The smallest absolute Gasteiger partial charge is 0.190 e. The van der Waals surface area contributed by atoms with Gasteiger partial charge < -0.3 is 10.1 Å². The number of benzene rings is 1. The first kappa shape index (κ1) is 16.9. The summed E-state index contributed by atoms with van der Waals surface area (Å²) in [4.78, 5) is 0. The van der Waals surface area contributed by atoms with E-state index >= 15 is 0 Å². The molecule has 0 radical (unpaired) electrons. The number of hydrogen-bond donors (Lipinski definition) is 1. The number of rotatable bonds is 8. The van der Waals surface area contributed by atoms with E-state index < -0.39 is 11.6 Å². The van der Waals surface area contributed by atoms with Crippen LogP contribution in [-0.2, 0) is 6.54 Å². The first-order valence-electron chi connectivity index (χ1n) is 7.25.